The molecule has 2 unspecified atom stereocenters. The molecule has 0 bridgehead atoms. The molecule has 2 atom stereocenters. The highest BCUT2D eigenvalue weighted by Gasteiger charge is 2.19. The number of anilines is 1. The lowest BCUT2D eigenvalue weighted by atomic mass is 10.0. The van der Waals surface area contributed by atoms with Gasteiger partial charge in [0.05, 0.1) is 21.8 Å². The fourth-order valence-corrected chi connectivity index (χ4v) is 3.61. The fourth-order valence-electron chi connectivity index (χ4n) is 3.11. The predicted octanol–water partition coefficient (Wildman–Crippen LogP) is 5.76. The fraction of sp³-hybridized carbons (Fsp3) is 0.429. The first kappa shape index (κ1) is 24.1. The van der Waals surface area contributed by atoms with Crippen LogP contribution in [0.15, 0.2) is 42.5 Å². The van der Waals surface area contributed by atoms with Crippen LogP contribution in [0.3, 0.4) is 0 Å². The van der Waals surface area contributed by atoms with Crippen molar-refractivity contribution in [2.75, 3.05) is 18.8 Å². The predicted molar refractivity (Wildman–Crippen MR) is 119 cm³/mol. The molecule has 0 radical (unpaired) electrons. The number of benzene rings is 2. The Hall–Kier alpha value is -0.970. The van der Waals surface area contributed by atoms with Gasteiger partial charge in [-0.2, -0.15) is 0 Å². The number of halogens is 3. The second-order valence-electron chi connectivity index (χ2n) is 6.78. The van der Waals surface area contributed by atoms with Crippen LogP contribution in [0.1, 0.15) is 43.9 Å². The number of aliphatic hydroxyl groups is 1. The van der Waals surface area contributed by atoms with Crippen molar-refractivity contribution in [3.05, 3.63) is 63.6 Å². The van der Waals surface area contributed by atoms with E-state index in [0.29, 0.717) is 33.9 Å². The first-order valence-electron chi connectivity index (χ1n) is 9.12. The maximum Gasteiger partial charge on any atom is 0.0918 e. The molecule has 150 valence electrons. The van der Waals surface area contributed by atoms with Crippen molar-refractivity contribution < 1.29 is 5.11 Å². The maximum absolute atomic E-state index is 10.7. The summed E-state index contributed by atoms with van der Waals surface area (Å²) in [4.78, 5) is 2.33. The van der Waals surface area contributed by atoms with Crippen LogP contribution >= 0.6 is 35.6 Å². The third-order valence-corrected chi connectivity index (χ3v) is 5.35. The minimum atomic E-state index is -0.656. The standard InChI is InChI=1S/C21H28Cl2N2O.ClH/c1-3-11-25(15(2)9-10-16-7-5-4-6-8-16)14-20(26)17-12-18(22)21(24)19(23)13-17;/h4-8,12-13,15,20,26H,3,9-11,14,24H2,1-2H3;1H. The van der Waals surface area contributed by atoms with E-state index in [2.05, 4.69) is 43.0 Å². The van der Waals surface area contributed by atoms with Crippen LogP contribution in [0.2, 0.25) is 10.0 Å². The van der Waals surface area contributed by atoms with Gasteiger partial charge in [-0.25, -0.2) is 0 Å². The Morgan fingerprint density at radius 1 is 1.11 bits per heavy atom. The zero-order valence-corrected chi connectivity index (χ0v) is 18.2. The minimum Gasteiger partial charge on any atom is -0.396 e. The second kappa shape index (κ2) is 11.8. The van der Waals surface area contributed by atoms with Crippen molar-refractivity contribution in [3.63, 3.8) is 0 Å². The van der Waals surface area contributed by atoms with Crippen molar-refractivity contribution in [3.8, 4) is 0 Å². The molecule has 27 heavy (non-hydrogen) atoms. The van der Waals surface area contributed by atoms with Crippen LogP contribution in [0.25, 0.3) is 0 Å². The molecule has 0 aliphatic rings. The SMILES string of the molecule is CCCN(CC(O)c1cc(Cl)c(N)c(Cl)c1)C(C)CCc1ccccc1.Cl. The van der Waals surface area contributed by atoms with E-state index in [4.69, 9.17) is 28.9 Å². The van der Waals surface area contributed by atoms with Gasteiger partial charge in [0.25, 0.3) is 0 Å². The maximum atomic E-state index is 10.7. The van der Waals surface area contributed by atoms with Crippen LogP contribution < -0.4 is 5.73 Å². The Labute approximate surface area is 178 Å². The summed E-state index contributed by atoms with van der Waals surface area (Å²) in [6.45, 7) is 5.85. The number of hydrogen-bond acceptors (Lipinski definition) is 3. The summed E-state index contributed by atoms with van der Waals surface area (Å²) in [6.07, 6.45) is 2.44. The van der Waals surface area contributed by atoms with E-state index in [-0.39, 0.29) is 12.4 Å². The van der Waals surface area contributed by atoms with Crippen molar-refractivity contribution in [2.24, 2.45) is 0 Å². The normalized spacial score (nSPS) is 13.3. The molecule has 3 nitrogen and oxygen atoms in total. The van der Waals surface area contributed by atoms with Gasteiger partial charge < -0.3 is 10.8 Å². The molecule has 0 amide bonds. The Kier molecular flexibility index (Phi) is 10.5. The average molecular weight is 432 g/mol. The number of aliphatic hydroxyl groups excluding tert-OH is 1. The highest BCUT2D eigenvalue weighted by Crippen LogP contribution is 2.31. The number of nitrogen functional groups attached to an aromatic ring is 1. The molecule has 6 heteroatoms. The van der Waals surface area contributed by atoms with Crippen LogP contribution in [0.4, 0.5) is 5.69 Å². The molecule has 0 fully saturated rings. The summed E-state index contributed by atoms with van der Waals surface area (Å²) in [5.41, 5.74) is 8.18. The van der Waals surface area contributed by atoms with Crippen molar-refractivity contribution >= 4 is 41.3 Å². The molecular weight excluding hydrogens is 403 g/mol. The molecule has 2 aromatic rings. The first-order chi connectivity index (χ1) is 12.4. The summed E-state index contributed by atoms with van der Waals surface area (Å²) in [7, 11) is 0. The Morgan fingerprint density at radius 3 is 2.26 bits per heavy atom. The summed E-state index contributed by atoms with van der Waals surface area (Å²) in [5.74, 6) is 0. The van der Waals surface area contributed by atoms with Crippen LogP contribution in [-0.4, -0.2) is 29.1 Å². The van der Waals surface area contributed by atoms with Gasteiger partial charge in [0.2, 0.25) is 0 Å². The number of nitrogens with two attached hydrogens (primary N) is 1. The largest absolute Gasteiger partial charge is 0.396 e. The topological polar surface area (TPSA) is 49.5 Å². The third-order valence-electron chi connectivity index (χ3n) is 4.72. The van der Waals surface area contributed by atoms with E-state index >= 15 is 0 Å². The first-order valence-corrected chi connectivity index (χ1v) is 9.88. The van der Waals surface area contributed by atoms with E-state index in [1.807, 2.05) is 6.07 Å². The number of nitrogens with zero attached hydrogens (tertiary/aromatic N) is 1. The van der Waals surface area contributed by atoms with Crippen LogP contribution in [0, 0.1) is 0 Å². The smallest absolute Gasteiger partial charge is 0.0918 e. The molecule has 0 aliphatic heterocycles. The summed E-state index contributed by atoms with van der Waals surface area (Å²) >= 11 is 12.2. The third kappa shape index (κ3) is 7.17. The van der Waals surface area contributed by atoms with Gasteiger partial charge in [0.1, 0.15) is 0 Å². The number of hydrogen-bond donors (Lipinski definition) is 2. The van der Waals surface area contributed by atoms with Gasteiger partial charge in [-0.05, 0) is 56.0 Å². The van der Waals surface area contributed by atoms with Crippen molar-refractivity contribution in [1.82, 2.24) is 4.90 Å². The summed E-state index contributed by atoms with van der Waals surface area (Å²) < 4.78 is 0. The summed E-state index contributed by atoms with van der Waals surface area (Å²) in [6, 6.07) is 14.3. The van der Waals surface area contributed by atoms with Crippen molar-refractivity contribution in [1.29, 1.82) is 0 Å². The molecule has 0 heterocycles. The number of aryl methyl sites for hydroxylation is 1. The highest BCUT2D eigenvalue weighted by atomic mass is 35.5. The second-order valence-corrected chi connectivity index (χ2v) is 7.60. The van der Waals surface area contributed by atoms with E-state index in [0.717, 1.165) is 25.8 Å². The highest BCUT2D eigenvalue weighted by molar-refractivity contribution is 6.38. The van der Waals surface area contributed by atoms with E-state index < -0.39 is 6.10 Å². The number of rotatable bonds is 9. The lowest BCUT2D eigenvalue weighted by molar-refractivity contribution is 0.0884. The summed E-state index contributed by atoms with van der Waals surface area (Å²) in [5, 5.41) is 11.5. The molecule has 0 saturated heterocycles. The van der Waals surface area contributed by atoms with E-state index in [1.54, 1.807) is 12.1 Å². The van der Waals surface area contributed by atoms with Gasteiger partial charge in [-0.3, -0.25) is 4.90 Å². The molecule has 0 spiro atoms. The lowest BCUT2D eigenvalue weighted by Gasteiger charge is -2.31. The monoisotopic (exact) mass is 430 g/mol. The molecule has 0 saturated carbocycles. The Balaban J connectivity index is 0.00000364. The van der Waals surface area contributed by atoms with Gasteiger partial charge >= 0.3 is 0 Å². The average Bonchev–Trinajstić information content (AvgIpc) is 2.64. The van der Waals surface area contributed by atoms with E-state index in [1.165, 1.54) is 5.56 Å². The molecule has 2 aromatic carbocycles. The molecule has 2 rings (SSSR count). The quantitative estimate of drug-likeness (QED) is 0.496. The van der Waals surface area contributed by atoms with Gasteiger partial charge in [0, 0.05) is 12.6 Å². The van der Waals surface area contributed by atoms with Gasteiger partial charge in [0.15, 0.2) is 0 Å². The van der Waals surface area contributed by atoms with Gasteiger partial charge in [-0.15, -0.1) is 12.4 Å². The van der Waals surface area contributed by atoms with Crippen LogP contribution in [0.5, 0.6) is 0 Å². The molecule has 0 aliphatic carbocycles. The lowest BCUT2D eigenvalue weighted by Crippen LogP contribution is -2.37. The van der Waals surface area contributed by atoms with Gasteiger partial charge in [-0.1, -0.05) is 60.5 Å². The molecule has 0 aromatic heterocycles. The Morgan fingerprint density at radius 2 is 1.70 bits per heavy atom. The minimum absolute atomic E-state index is 0. The van der Waals surface area contributed by atoms with Crippen LogP contribution in [-0.2, 0) is 6.42 Å². The van der Waals surface area contributed by atoms with E-state index in [9.17, 15) is 5.11 Å². The zero-order chi connectivity index (χ0) is 19.1. The molecule has 3 N–H and O–H groups in total. The molecular formula is C21H29Cl3N2O. The van der Waals surface area contributed by atoms with Crippen molar-refractivity contribution in [2.45, 2.75) is 45.3 Å². The Bertz CT molecular complexity index is 674. The zero-order valence-electron chi connectivity index (χ0n) is 15.9.